The Morgan fingerprint density at radius 2 is 1.89 bits per heavy atom. The van der Waals surface area contributed by atoms with Gasteiger partial charge >= 0.3 is 0 Å². The highest BCUT2D eigenvalue weighted by Crippen LogP contribution is 2.37. The minimum absolute atomic E-state index is 0.107. The molecule has 2 aromatic rings. The van der Waals surface area contributed by atoms with Gasteiger partial charge in [-0.25, -0.2) is 0 Å². The van der Waals surface area contributed by atoms with E-state index in [0.29, 0.717) is 0 Å². The molecule has 18 heavy (non-hydrogen) atoms. The zero-order valence-electron chi connectivity index (χ0n) is 10.2. The fourth-order valence-electron chi connectivity index (χ4n) is 2.57. The maximum atomic E-state index is 8.49. The van der Waals surface area contributed by atoms with E-state index in [0.717, 1.165) is 12.0 Å². The first kappa shape index (κ1) is 10.9. The van der Waals surface area contributed by atoms with E-state index >= 15 is 0 Å². The summed E-state index contributed by atoms with van der Waals surface area (Å²) in [5.41, 5.74) is 14.9. The lowest BCUT2D eigenvalue weighted by Crippen LogP contribution is -1.90. The van der Waals surface area contributed by atoms with Gasteiger partial charge in [-0.1, -0.05) is 54.5 Å². The zero-order valence-corrected chi connectivity index (χ0v) is 10.2. The first-order valence-electron chi connectivity index (χ1n) is 6.05. The second-order valence-corrected chi connectivity index (χ2v) is 4.63. The molecule has 3 rings (SSSR count). The molecule has 0 radical (unpaired) electrons. The van der Waals surface area contributed by atoms with Crippen molar-refractivity contribution in [2.24, 2.45) is 5.11 Å². The van der Waals surface area contributed by atoms with Crippen LogP contribution in [0.2, 0.25) is 0 Å². The van der Waals surface area contributed by atoms with Crippen LogP contribution >= 0.6 is 0 Å². The van der Waals surface area contributed by atoms with Crippen molar-refractivity contribution in [3.05, 3.63) is 69.6 Å². The third-order valence-corrected chi connectivity index (χ3v) is 3.52. The maximum Gasteiger partial charge on any atom is 0.0597 e. The molecule has 0 fully saturated rings. The predicted molar refractivity (Wildman–Crippen MR) is 72.2 cm³/mol. The van der Waals surface area contributed by atoms with E-state index in [9.17, 15) is 0 Å². The molecule has 0 saturated heterocycles. The number of rotatable bonds is 2. The van der Waals surface area contributed by atoms with Gasteiger partial charge in [-0.3, -0.25) is 0 Å². The van der Waals surface area contributed by atoms with Crippen molar-refractivity contribution in [2.45, 2.75) is 19.4 Å². The molecule has 1 aliphatic rings. The van der Waals surface area contributed by atoms with Crippen LogP contribution in [0.5, 0.6) is 0 Å². The van der Waals surface area contributed by atoms with Gasteiger partial charge in [0.1, 0.15) is 0 Å². The molecule has 3 heteroatoms. The van der Waals surface area contributed by atoms with Gasteiger partial charge in [0.15, 0.2) is 0 Å². The van der Waals surface area contributed by atoms with Crippen LogP contribution in [0.15, 0.2) is 47.6 Å². The smallest absolute Gasteiger partial charge is 0.0597 e. The van der Waals surface area contributed by atoms with E-state index in [-0.39, 0.29) is 6.04 Å². The highest BCUT2D eigenvalue weighted by molar-refractivity contribution is 5.76. The monoisotopic (exact) mass is 235 g/mol. The van der Waals surface area contributed by atoms with Gasteiger partial charge in [-0.05, 0) is 39.8 Å². The summed E-state index contributed by atoms with van der Waals surface area (Å²) in [5, 5.41) is 3.75. The average molecular weight is 235 g/mol. The quantitative estimate of drug-likeness (QED) is 0.353. The van der Waals surface area contributed by atoms with E-state index in [1.165, 1.54) is 22.3 Å². The summed E-state index contributed by atoms with van der Waals surface area (Å²) in [5.74, 6) is 0. The van der Waals surface area contributed by atoms with Crippen molar-refractivity contribution in [1.29, 1.82) is 0 Å². The van der Waals surface area contributed by atoms with Crippen molar-refractivity contribution in [3.63, 3.8) is 0 Å². The summed E-state index contributed by atoms with van der Waals surface area (Å²) in [6, 6.07) is 14.7. The first-order valence-corrected chi connectivity index (χ1v) is 6.05. The summed E-state index contributed by atoms with van der Waals surface area (Å²) < 4.78 is 0. The van der Waals surface area contributed by atoms with E-state index in [2.05, 4.69) is 52.5 Å². The zero-order chi connectivity index (χ0) is 12.5. The van der Waals surface area contributed by atoms with Gasteiger partial charge in [0.2, 0.25) is 0 Å². The van der Waals surface area contributed by atoms with Gasteiger partial charge in [0.05, 0.1) is 6.04 Å². The second-order valence-electron chi connectivity index (χ2n) is 4.63. The Morgan fingerprint density at radius 1 is 1.11 bits per heavy atom. The molecule has 1 aliphatic carbocycles. The molecule has 0 saturated carbocycles. The molecule has 3 nitrogen and oxygen atoms in total. The van der Waals surface area contributed by atoms with Crippen LogP contribution in [0, 0.1) is 0 Å². The van der Waals surface area contributed by atoms with Gasteiger partial charge in [0, 0.05) is 4.91 Å². The van der Waals surface area contributed by atoms with E-state index in [1.54, 1.807) is 0 Å². The molecule has 2 aromatic carbocycles. The Labute approximate surface area is 106 Å². The summed E-state index contributed by atoms with van der Waals surface area (Å²) in [7, 11) is 0. The highest BCUT2D eigenvalue weighted by atomic mass is 15.1. The van der Waals surface area contributed by atoms with E-state index in [1.807, 2.05) is 6.92 Å². The van der Waals surface area contributed by atoms with Crippen LogP contribution < -0.4 is 0 Å². The number of azide groups is 1. The van der Waals surface area contributed by atoms with Crippen molar-refractivity contribution in [3.8, 4) is 11.1 Å². The number of fused-ring (bicyclic) bond motifs is 3. The normalized spacial score (nSPS) is 13.4. The summed E-state index contributed by atoms with van der Waals surface area (Å²) >= 11 is 0. The van der Waals surface area contributed by atoms with Gasteiger partial charge < -0.3 is 0 Å². The van der Waals surface area contributed by atoms with Crippen LogP contribution in [0.4, 0.5) is 0 Å². The predicted octanol–water partition coefficient (Wildman–Crippen LogP) is 4.63. The number of nitrogens with zero attached hydrogens (tertiary/aromatic N) is 3. The van der Waals surface area contributed by atoms with Gasteiger partial charge in [0.25, 0.3) is 0 Å². The van der Waals surface area contributed by atoms with Crippen molar-refractivity contribution >= 4 is 0 Å². The maximum absolute atomic E-state index is 8.49. The lowest BCUT2D eigenvalue weighted by atomic mass is 10.0. The van der Waals surface area contributed by atoms with Crippen LogP contribution in [-0.2, 0) is 6.42 Å². The Morgan fingerprint density at radius 3 is 2.72 bits per heavy atom. The van der Waals surface area contributed by atoms with Crippen LogP contribution in [0.3, 0.4) is 0 Å². The highest BCUT2D eigenvalue weighted by Gasteiger charge is 2.18. The Balaban J connectivity index is 2.06. The molecule has 0 amide bonds. The Hall–Kier alpha value is -2.25. The third kappa shape index (κ3) is 1.66. The minimum atomic E-state index is -0.107. The van der Waals surface area contributed by atoms with Gasteiger partial charge in [-0.2, -0.15) is 0 Å². The molecule has 0 N–H and O–H groups in total. The molecule has 0 heterocycles. The third-order valence-electron chi connectivity index (χ3n) is 3.52. The van der Waals surface area contributed by atoms with E-state index in [4.69, 9.17) is 5.53 Å². The van der Waals surface area contributed by atoms with Crippen LogP contribution in [-0.4, -0.2) is 0 Å². The van der Waals surface area contributed by atoms with Crippen LogP contribution in [0.25, 0.3) is 21.6 Å². The van der Waals surface area contributed by atoms with Crippen molar-refractivity contribution in [2.75, 3.05) is 0 Å². The molecular weight excluding hydrogens is 222 g/mol. The number of hydrogen-bond acceptors (Lipinski definition) is 1. The van der Waals surface area contributed by atoms with Gasteiger partial charge in [-0.15, -0.1) is 0 Å². The Bertz CT molecular complexity index is 655. The first-order chi connectivity index (χ1) is 8.79. The minimum Gasteiger partial charge on any atom is -0.0862 e. The molecule has 1 atom stereocenters. The number of benzene rings is 2. The molecular formula is C15H13N3. The molecule has 0 aliphatic heterocycles. The molecule has 0 unspecified atom stereocenters. The lowest BCUT2D eigenvalue weighted by molar-refractivity contribution is 0.806. The molecule has 0 spiro atoms. The molecule has 88 valence electrons. The average Bonchev–Trinajstić information content (AvgIpc) is 2.76. The topological polar surface area (TPSA) is 48.8 Å². The van der Waals surface area contributed by atoms with Crippen molar-refractivity contribution in [1.82, 2.24) is 0 Å². The number of hydrogen-bond donors (Lipinski definition) is 0. The summed E-state index contributed by atoms with van der Waals surface area (Å²) in [6.07, 6.45) is 0.975. The molecule has 0 aromatic heterocycles. The van der Waals surface area contributed by atoms with E-state index < -0.39 is 0 Å². The standard InChI is InChI=1S/C15H13N3/c1-10(17-18-16)11-6-7-15-13(8-11)9-12-4-2-3-5-14(12)15/h2-8,10H,9H2,1H3/t10-/m0/s1. The fourth-order valence-corrected chi connectivity index (χ4v) is 2.57. The van der Waals surface area contributed by atoms with Crippen molar-refractivity contribution < 1.29 is 0 Å². The molecule has 0 bridgehead atoms. The largest absolute Gasteiger partial charge is 0.0862 e. The Kier molecular flexibility index (Phi) is 2.54. The van der Waals surface area contributed by atoms with Crippen LogP contribution in [0.1, 0.15) is 29.7 Å². The lowest BCUT2D eigenvalue weighted by Gasteiger charge is -2.07. The SMILES string of the molecule is C[C@H](N=[N+]=[N-])c1ccc2c(c1)Cc1ccccc1-2. The second kappa shape index (κ2) is 4.21. The fraction of sp³-hybridized carbons (Fsp3) is 0.200. The summed E-state index contributed by atoms with van der Waals surface area (Å²) in [6.45, 7) is 1.92. The summed E-state index contributed by atoms with van der Waals surface area (Å²) in [4.78, 5) is 2.87.